The van der Waals surface area contributed by atoms with E-state index in [-0.39, 0.29) is 5.16 Å². The van der Waals surface area contributed by atoms with Gasteiger partial charge in [-0.25, -0.2) is 0 Å². The zero-order chi connectivity index (χ0) is 6.69. The van der Waals surface area contributed by atoms with Gasteiger partial charge in [0.15, 0.2) is 0 Å². The summed E-state index contributed by atoms with van der Waals surface area (Å²) in [6.45, 7) is 0. The highest BCUT2D eigenvalue weighted by molar-refractivity contribution is 7.93. The lowest BCUT2D eigenvalue weighted by molar-refractivity contribution is -0.284. The minimum Gasteiger partial charge on any atom is -0.250 e. The first-order valence-corrected chi connectivity index (χ1v) is 2.62. The molecular formula is CHN5O2S. The lowest BCUT2D eigenvalue weighted by Gasteiger charge is -1.75. The van der Waals surface area contributed by atoms with Crippen LogP contribution in [0.5, 0.6) is 0 Å². The molecule has 1 aromatic heterocycles. The Morgan fingerprint density at radius 1 is 1.78 bits per heavy atom. The molecule has 0 unspecified atom stereocenters. The molecule has 0 aliphatic rings. The number of nitro groups is 1. The van der Waals surface area contributed by atoms with Gasteiger partial charge in [-0.1, -0.05) is 5.10 Å². The number of aromatic amines is 1. The molecule has 0 atom stereocenters. The molecule has 1 aromatic rings. The highest BCUT2D eigenvalue weighted by atomic mass is 32.2. The van der Waals surface area contributed by atoms with Crippen molar-refractivity contribution in [3.63, 3.8) is 0 Å². The summed E-state index contributed by atoms with van der Waals surface area (Å²) in [6.07, 6.45) is 0. The van der Waals surface area contributed by atoms with Crippen LogP contribution in [0, 0.1) is 10.1 Å². The predicted octanol–water partition coefficient (Wildman–Crippen LogP) is -0.517. The van der Waals surface area contributed by atoms with Crippen LogP contribution in [0.3, 0.4) is 0 Å². The van der Waals surface area contributed by atoms with Gasteiger partial charge in [-0.05, 0) is 5.21 Å². The molecule has 0 spiro atoms. The van der Waals surface area contributed by atoms with E-state index in [0.29, 0.717) is 11.9 Å². The largest absolute Gasteiger partial charge is 0.310 e. The van der Waals surface area contributed by atoms with Crippen LogP contribution < -0.4 is 0 Å². The molecule has 0 fully saturated rings. The monoisotopic (exact) mass is 147 g/mol. The quantitative estimate of drug-likeness (QED) is 0.343. The van der Waals surface area contributed by atoms with Crippen LogP contribution in [0.1, 0.15) is 0 Å². The Hall–Kier alpha value is -1.18. The number of hydrogen-bond donors (Lipinski definition) is 1. The van der Waals surface area contributed by atoms with Crippen LogP contribution in [0.4, 0.5) is 0 Å². The molecule has 0 saturated carbocycles. The summed E-state index contributed by atoms with van der Waals surface area (Å²) in [5.74, 6) is 0. The first-order valence-electron chi connectivity index (χ1n) is 1.85. The molecule has 0 aliphatic heterocycles. The maximum Gasteiger partial charge on any atom is 0.310 e. The number of nitrogens with one attached hydrogen (secondary N) is 1. The van der Waals surface area contributed by atoms with Crippen molar-refractivity contribution in [3.8, 4) is 0 Å². The maximum atomic E-state index is 9.71. The SMILES string of the molecule is O=[N+]([O-])Sc1nn[nH]n1. The number of nitrogens with zero attached hydrogens (tertiary/aromatic N) is 4. The zero-order valence-electron chi connectivity index (χ0n) is 4.01. The molecule has 1 N–H and O–H groups in total. The van der Waals surface area contributed by atoms with Crippen molar-refractivity contribution < 1.29 is 4.33 Å². The highest BCUT2D eigenvalue weighted by Crippen LogP contribution is 2.08. The number of aromatic nitrogens is 4. The molecule has 0 bridgehead atoms. The molecule has 1 heterocycles. The summed E-state index contributed by atoms with van der Waals surface area (Å²) < 4.78 is -0.606. The minimum absolute atomic E-state index is 0.0139. The molecule has 0 aliphatic carbocycles. The molecule has 8 heteroatoms. The van der Waals surface area contributed by atoms with Crippen molar-refractivity contribution in [1.29, 1.82) is 0 Å². The molecular weight excluding hydrogens is 146 g/mol. The number of tetrazole rings is 1. The summed E-state index contributed by atoms with van der Waals surface area (Å²) in [4.78, 5) is 9.71. The average Bonchev–Trinajstić information content (AvgIpc) is 2.15. The van der Waals surface area contributed by atoms with Gasteiger partial charge in [0.1, 0.15) is 4.33 Å². The standard InChI is InChI=1S/CHN5O2S/c7-6(8)9-1-2-4-5-3-1/h(H,2,3,4,5). The normalized spacial score (nSPS) is 9.33. The summed E-state index contributed by atoms with van der Waals surface area (Å²) in [7, 11) is 0. The van der Waals surface area contributed by atoms with Crippen molar-refractivity contribution in [2.75, 3.05) is 0 Å². The third kappa shape index (κ3) is 1.64. The van der Waals surface area contributed by atoms with Gasteiger partial charge in [0.2, 0.25) is 0 Å². The molecule has 9 heavy (non-hydrogen) atoms. The Labute approximate surface area is 53.1 Å². The minimum atomic E-state index is -0.606. The summed E-state index contributed by atoms with van der Waals surface area (Å²) in [5, 5.41) is 21.6. The number of H-pyrrole nitrogens is 1. The second kappa shape index (κ2) is 2.40. The van der Waals surface area contributed by atoms with E-state index in [1.54, 1.807) is 0 Å². The lowest BCUT2D eigenvalue weighted by atomic mass is 11.4. The first-order chi connectivity index (χ1) is 4.29. The van der Waals surface area contributed by atoms with E-state index in [0.717, 1.165) is 0 Å². The molecule has 0 amide bonds. The van der Waals surface area contributed by atoms with Gasteiger partial charge in [-0.2, -0.15) is 5.21 Å². The van der Waals surface area contributed by atoms with Crippen LogP contribution in [0.2, 0.25) is 0 Å². The van der Waals surface area contributed by atoms with Gasteiger partial charge in [0.25, 0.3) is 0 Å². The van der Waals surface area contributed by atoms with Crippen LogP contribution in [-0.2, 0) is 0 Å². The molecule has 48 valence electrons. The molecule has 0 aromatic carbocycles. The van der Waals surface area contributed by atoms with Gasteiger partial charge in [0, 0.05) is 0 Å². The smallest absolute Gasteiger partial charge is 0.250 e. The van der Waals surface area contributed by atoms with Gasteiger partial charge < -0.3 is 0 Å². The number of hydrogen-bond acceptors (Lipinski definition) is 6. The second-order valence-corrected chi connectivity index (χ2v) is 1.86. The van der Waals surface area contributed by atoms with E-state index >= 15 is 0 Å². The third-order valence-electron chi connectivity index (χ3n) is 0.482. The third-order valence-corrected chi connectivity index (χ3v) is 0.967. The van der Waals surface area contributed by atoms with Gasteiger partial charge >= 0.3 is 17.1 Å². The topological polar surface area (TPSA) is 97.6 Å². The summed E-state index contributed by atoms with van der Waals surface area (Å²) in [6, 6.07) is 0. The van der Waals surface area contributed by atoms with Crippen molar-refractivity contribution in [2.45, 2.75) is 5.16 Å². The fourth-order valence-electron chi connectivity index (χ4n) is 0.258. The van der Waals surface area contributed by atoms with Gasteiger partial charge in [-0.3, -0.25) is 10.1 Å². The van der Waals surface area contributed by atoms with Gasteiger partial charge in [-0.15, -0.1) is 5.10 Å². The zero-order valence-corrected chi connectivity index (χ0v) is 4.83. The molecule has 0 radical (unpaired) electrons. The van der Waals surface area contributed by atoms with Crippen molar-refractivity contribution >= 4 is 11.9 Å². The van der Waals surface area contributed by atoms with E-state index in [2.05, 4.69) is 20.6 Å². The van der Waals surface area contributed by atoms with E-state index in [9.17, 15) is 10.1 Å². The number of rotatable bonds is 2. The van der Waals surface area contributed by atoms with Crippen molar-refractivity contribution in [1.82, 2.24) is 20.6 Å². The average molecular weight is 147 g/mol. The molecule has 0 saturated heterocycles. The molecule has 7 nitrogen and oxygen atoms in total. The predicted molar refractivity (Wildman–Crippen MR) is 27.0 cm³/mol. The van der Waals surface area contributed by atoms with Crippen LogP contribution in [0.25, 0.3) is 0 Å². The lowest BCUT2D eigenvalue weighted by Crippen LogP contribution is -1.84. The maximum absolute atomic E-state index is 9.71. The van der Waals surface area contributed by atoms with E-state index < -0.39 is 4.33 Å². The molecule has 1 rings (SSSR count). The van der Waals surface area contributed by atoms with Crippen LogP contribution >= 0.6 is 11.9 Å². The summed E-state index contributed by atoms with van der Waals surface area (Å²) >= 11 is 0.311. The summed E-state index contributed by atoms with van der Waals surface area (Å²) in [5.41, 5.74) is 0. The Morgan fingerprint density at radius 3 is 3.00 bits per heavy atom. The fourth-order valence-corrected chi connectivity index (χ4v) is 0.550. The van der Waals surface area contributed by atoms with Crippen LogP contribution in [0.15, 0.2) is 5.16 Å². The van der Waals surface area contributed by atoms with E-state index in [1.807, 2.05) is 0 Å². The Kier molecular flexibility index (Phi) is 1.58. The highest BCUT2D eigenvalue weighted by Gasteiger charge is 2.08. The second-order valence-electron chi connectivity index (χ2n) is 1.01. The van der Waals surface area contributed by atoms with Crippen LogP contribution in [-0.4, -0.2) is 25.0 Å². The Balaban J connectivity index is 2.58. The van der Waals surface area contributed by atoms with Gasteiger partial charge in [0.05, 0.1) is 0 Å². The Bertz CT molecular complexity index is 195. The fraction of sp³-hybridized carbons (Fsp3) is 0. The Morgan fingerprint density at radius 2 is 2.56 bits per heavy atom. The van der Waals surface area contributed by atoms with Crippen molar-refractivity contribution in [3.05, 3.63) is 10.1 Å². The van der Waals surface area contributed by atoms with E-state index in [4.69, 9.17) is 0 Å². The van der Waals surface area contributed by atoms with E-state index in [1.165, 1.54) is 0 Å². The first kappa shape index (κ1) is 5.95. The van der Waals surface area contributed by atoms with Crippen molar-refractivity contribution in [2.24, 2.45) is 0 Å².